The summed E-state index contributed by atoms with van der Waals surface area (Å²) >= 11 is 5.73. The Kier molecular flexibility index (Phi) is 2.90. The van der Waals surface area contributed by atoms with Crippen molar-refractivity contribution >= 4 is 23.5 Å². The molecule has 0 bridgehead atoms. The summed E-state index contributed by atoms with van der Waals surface area (Å²) in [6.07, 6.45) is 1.14. The third-order valence-electron chi connectivity index (χ3n) is 1.36. The van der Waals surface area contributed by atoms with Gasteiger partial charge >= 0.3 is 0 Å². The van der Waals surface area contributed by atoms with E-state index in [1.54, 1.807) is 18.2 Å². The van der Waals surface area contributed by atoms with Crippen molar-refractivity contribution in [2.24, 2.45) is 5.16 Å². The number of halogens is 1. The Morgan fingerprint density at radius 1 is 1.50 bits per heavy atom. The SMILES string of the molecule is ON=Cc1c(Cl)cccc1NO. The quantitative estimate of drug-likeness (QED) is 0.376. The van der Waals surface area contributed by atoms with E-state index in [1.165, 1.54) is 0 Å². The summed E-state index contributed by atoms with van der Waals surface area (Å²) in [5.41, 5.74) is 2.76. The second-order valence-electron chi connectivity index (χ2n) is 2.06. The van der Waals surface area contributed by atoms with Crippen LogP contribution in [-0.4, -0.2) is 16.6 Å². The van der Waals surface area contributed by atoms with E-state index in [9.17, 15) is 0 Å². The van der Waals surface area contributed by atoms with Crippen LogP contribution in [0.15, 0.2) is 23.4 Å². The molecule has 1 aromatic carbocycles. The number of oxime groups is 1. The molecular weight excluding hydrogens is 180 g/mol. The van der Waals surface area contributed by atoms with Gasteiger partial charge in [-0.2, -0.15) is 0 Å². The van der Waals surface area contributed by atoms with Crippen molar-refractivity contribution in [3.05, 3.63) is 28.8 Å². The Hall–Kier alpha value is -1.26. The van der Waals surface area contributed by atoms with Crippen LogP contribution < -0.4 is 5.48 Å². The van der Waals surface area contributed by atoms with E-state index in [1.807, 2.05) is 5.48 Å². The number of nitrogens with zero attached hydrogens (tertiary/aromatic N) is 1. The first-order valence-corrected chi connectivity index (χ1v) is 3.53. The number of benzene rings is 1. The van der Waals surface area contributed by atoms with Gasteiger partial charge in [0.1, 0.15) is 0 Å². The zero-order valence-electron chi connectivity index (χ0n) is 6.03. The van der Waals surface area contributed by atoms with E-state index in [2.05, 4.69) is 5.16 Å². The Bertz CT molecular complexity index is 301. The molecule has 0 radical (unpaired) electrons. The molecule has 0 aliphatic rings. The van der Waals surface area contributed by atoms with Crippen LogP contribution in [0, 0.1) is 0 Å². The van der Waals surface area contributed by atoms with Gasteiger partial charge in [0, 0.05) is 5.56 Å². The smallest absolute Gasteiger partial charge is 0.0770 e. The second-order valence-corrected chi connectivity index (χ2v) is 2.46. The van der Waals surface area contributed by atoms with Crippen molar-refractivity contribution in [3.8, 4) is 0 Å². The van der Waals surface area contributed by atoms with Gasteiger partial charge in [-0.3, -0.25) is 10.7 Å². The molecule has 0 saturated heterocycles. The number of hydrogen-bond acceptors (Lipinski definition) is 4. The highest BCUT2D eigenvalue weighted by atomic mass is 35.5. The van der Waals surface area contributed by atoms with Crippen molar-refractivity contribution in [2.45, 2.75) is 0 Å². The molecule has 0 aliphatic heterocycles. The summed E-state index contributed by atoms with van der Waals surface area (Å²) in [7, 11) is 0. The van der Waals surface area contributed by atoms with Gasteiger partial charge < -0.3 is 5.21 Å². The number of rotatable bonds is 2. The van der Waals surface area contributed by atoms with Crippen LogP contribution >= 0.6 is 11.6 Å². The fourth-order valence-corrected chi connectivity index (χ4v) is 1.05. The van der Waals surface area contributed by atoms with Gasteiger partial charge in [0.15, 0.2) is 0 Å². The molecule has 12 heavy (non-hydrogen) atoms. The molecule has 0 fully saturated rings. The van der Waals surface area contributed by atoms with E-state index >= 15 is 0 Å². The minimum atomic E-state index is 0.389. The van der Waals surface area contributed by atoms with Crippen LogP contribution in [0.3, 0.4) is 0 Å². The standard InChI is InChI=1S/C7H7ClN2O2/c8-6-2-1-3-7(10-12)5(6)4-9-11/h1-4,10-12H. The van der Waals surface area contributed by atoms with Crippen molar-refractivity contribution < 1.29 is 10.4 Å². The highest BCUT2D eigenvalue weighted by Crippen LogP contribution is 2.21. The molecule has 0 aliphatic carbocycles. The molecule has 4 nitrogen and oxygen atoms in total. The highest BCUT2D eigenvalue weighted by Gasteiger charge is 2.02. The topological polar surface area (TPSA) is 64.9 Å². The van der Waals surface area contributed by atoms with Gasteiger partial charge in [-0.1, -0.05) is 22.8 Å². The van der Waals surface area contributed by atoms with Crippen LogP contribution in [0.1, 0.15) is 5.56 Å². The summed E-state index contributed by atoms with van der Waals surface area (Å²) in [5, 5.41) is 20.1. The average Bonchev–Trinajstić information content (AvgIpc) is 2.09. The number of nitrogens with one attached hydrogen (secondary N) is 1. The van der Waals surface area contributed by atoms with Crippen molar-refractivity contribution in [3.63, 3.8) is 0 Å². The molecule has 1 aromatic rings. The summed E-state index contributed by atoms with van der Waals surface area (Å²) in [6, 6.07) is 4.89. The minimum absolute atomic E-state index is 0.389. The Morgan fingerprint density at radius 3 is 2.83 bits per heavy atom. The third-order valence-corrected chi connectivity index (χ3v) is 1.69. The monoisotopic (exact) mass is 186 g/mol. The zero-order chi connectivity index (χ0) is 8.97. The van der Waals surface area contributed by atoms with Crippen molar-refractivity contribution in [1.29, 1.82) is 0 Å². The van der Waals surface area contributed by atoms with Crippen LogP contribution in [0.2, 0.25) is 5.02 Å². The lowest BCUT2D eigenvalue weighted by Crippen LogP contribution is -1.95. The Labute approximate surface area is 74.0 Å². The Balaban J connectivity index is 3.19. The molecule has 0 unspecified atom stereocenters. The number of anilines is 1. The van der Waals surface area contributed by atoms with Crippen LogP contribution in [0.25, 0.3) is 0 Å². The first-order chi connectivity index (χ1) is 5.79. The lowest BCUT2D eigenvalue weighted by molar-refractivity contribution is 0.322. The predicted molar refractivity (Wildman–Crippen MR) is 46.2 cm³/mol. The van der Waals surface area contributed by atoms with Gasteiger partial charge in [-0.05, 0) is 12.1 Å². The first kappa shape index (κ1) is 8.83. The molecule has 0 saturated carbocycles. The second kappa shape index (κ2) is 3.94. The molecule has 0 atom stereocenters. The molecule has 1 rings (SSSR count). The summed E-state index contributed by atoms with van der Waals surface area (Å²) in [4.78, 5) is 0. The molecule has 5 heteroatoms. The van der Waals surface area contributed by atoms with Gasteiger partial charge in [0.05, 0.1) is 16.9 Å². The molecule has 0 spiro atoms. The fraction of sp³-hybridized carbons (Fsp3) is 0. The lowest BCUT2D eigenvalue weighted by atomic mass is 10.2. The van der Waals surface area contributed by atoms with Gasteiger partial charge in [-0.15, -0.1) is 0 Å². The lowest BCUT2D eigenvalue weighted by Gasteiger charge is -2.03. The first-order valence-electron chi connectivity index (χ1n) is 3.15. The van der Waals surface area contributed by atoms with Gasteiger partial charge in [0.2, 0.25) is 0 Å². The molecular formula is C7H7ClN2O2. The normalized spacial score (nSPS) is 10.5. The largest absolute Gasteiger partial charge is 0.411 e. The van der Waals surface area contributed by atoms with E-state index in [4.69, 9.17) is 22.0 Å². The average molecular weight is 187 g/mol. The van der Waals surface area contributed by atoms with E-state index in [0.29, 0.717) is 16.3 Å². The molecule has 0 aromatic heterocycles. The van der Waals surface area contributed by atoms with Crippen LogP contribution in [0.4, 0.5) is 5.69 Å². The van der Waals surface area contributed by atoms with Crippen molar-refractivity contribution in [2.75, 3.05) is 5.48 Å². The Morgan fingerprint density at radius 2 is 2.25 bits per heavy atom. The highest BCUT2D eigenvalue weighted by molar-refractivity contribution is 6.33. The predicted octanol–water partition coefficient (Wildman–Crippen LogP) is 1.95. The minimum Gasteiger partial charge on any atom is -0.411 e. The van der Waals surface area contributed by atoms with Crippen molar-refractivity contribution in [1.82, 2.24) is 0 Å². The van der Waals surface area contributed by atoms with E-state index in [0.717, 1.165) is 6.21 Å². The van der Waals surface area contributed by atoms with E-state index in [-0.39, 0.29) is 0 Å². The maximum Gasteiger partial charge on any atom is 0.0770 e. The molecule has 3 N–H and O–H groups in total. The van der Waals surface area contributed by atoms with Gasteiger partial charge in [0.25, 0.3) is 0 Å². The molecule has 0 amide bonds. The number of hydrogen-bond donors (Lipinski definition) is 3. The third kappa shape index (κ3) is 1.66. The van der Waals surface area contributed by atoms with E-state index < -0.39 is 0 Å². The molecule has 0 heterocycles. The summed E-state index contributed by atoms with van der Waals surface area (Å²) in [6.45, 7) is 0. The zero-order valence-corrected chi connectivity index (χ0v) is 6.78. The maximum atomic E-state index is 8.62. The molecule has 64 valence electrons. The fourth-order valence-electron chi connectivity index (χ4n) is 0.823. The summed E-state index contributed by atoms with van der Waals surface area (Å²) in [5.74, 6) is 0. The van der Waals surface area contributed by atoms with Crippen LogP contribution in [-0.2, 0) is 0 Å². The maximum absolute atomic E-state index is 8.62. The van der Waals surface area contributed by atoms with Gasteiger partial charge in [-0.25, -0.2) is 0 Å². The van der Waals surface area contributed by atoms with Crippen LogP contribution in [0.5, 0.6) is 0 Å². The summed E-state index contributed by atoms with van der Waals surface area (Å²) < 4.78 is 0.